The highest BCUT2D eigenvalue weighted by Crippen LogP contribution is 2.25. The van der Waals surface area contributed by atoms with Gasteiger partial charge in [-0.25, -0.2) is 0 Å². The van der Waals surface area contributed by atoms with Crippen LogP contribution in [0, 0.1) is 5.41 Å². The summed E-state index contributed by atoms with van der Waals surface area (Å²) in [7, 11) is 0. The molecule has 0 rings (SSSR count). The Hall–Kier alpha value is -0.740. The van der Waals surface area contributed by atoms with Crippen molar-refractivity contribution in [2.24, 2.45) is 5.41 Å². The molecule has 1 unspecified atom stereocenters. The predicted molar refractivity (Wildman–Crippen MR) is 41.1 cm³/mol. The van der Waals surface area contributed by atoms with E-state index >= 15 is 0 Å². The molecule has 0 N–H and O–H groups in total. The van der Waals surface area contributed by atoms with Gasteiger partial charge in [-0.3, -0.25) is 4.79 Å². The summed E-state index contributed by atoms with van der Waals surface area (Å²) in [5.41, 5.74) is -0.903. The second-order valence-corrected chi connectivity index (χ2v) is 3.84. The van der Waals surface area contributed by atoms with Crippen molar-refractivity contribution in [3.05, 3.63) is 0 Å². The van der Waals surface area contributed by atoms with Gasteiger partial charge < -0.3 is 4.74 Å². The van der Waals surface area contributed by atoms with Crippen molar-refractivity contribution in [1.82, 2.24) is 0 Å². The molecule has 0 saturated carbocycles. The molecule has 0 aromatic rings. The molecule has 5 heteroatoms. The Morgan fingerprint density at radius 3 is 1.85 bits per heavy atom. The average molecular weight is 198 g/mol. The fourth-order valence-corrected chi connectivity index (χ4v) is 0.404. The number of carbonyl (C=O) groups excluding carboxylic acids is 1. The van der Waals surface area contributed by atoms with Gasteiger partial charge >= 0.3 is 12.1 Å². The third kappa shape index (κ3) is 4.15. The monoisotopic (exact) mass is 198 g/mol. The summed E-state index contributed by atoms with van der Waals surface area (Å²) in [4.78, 5) is 11.0. The summed E-state index contributed by atoms with van der Waals surface area (Å²) >= 11 is 0. The van der Waals surface area contributed by atoms with E-state index in [-0.39, 0.29) is 0 Å². The lowest BCUT2D eigenvalue weighted by molar-refractivity contribution is -0.220. The topological polar surface area (TPSA) is 26.3 Å². The predicted octanol–water partition coefficient (Wildman–Crippen LogP) is 2.53. The van der Waals surface area contributed by atoms with Crippen LogP contribution in [0.4, 0.5) is 13.2 Å². The first-order chi connectivity index (χ1) is 5.55. The van der Waals surface area contributed by atoms with E-state index in [0.717, 1.165) is 6.92 Å². The largest absolute Gasteiger partial charge is 0.453 e. The minimum atomic E-state index is -4.49. The first-order valence-corrected chi connectivity index (χ1v) is 3.83. The maximum atomic E-state index is 11.9. The third-order valence-electron chi connectivity index (χ3n) is 1.36. The van der Waals surface area contributed by atoms with Gasteiger partial charge in [-0.15, -0.1) is 0 Å². The van der Waals surface area contributed by atoms with Crippen molar-refractivity contribution in [3.63, 3.8) is 0 Å². The quantitative estimate of drug-likeness (QED) is 0.605. The number of halogens is 3. The molecule has 0 bridgehead atoms. The number of rotatable bonds is 1. The Balaban J connectivity index is 4.24. The highest BCUT2D eigenvalue weighted by molar-refractivity contribution is 5.75. The Bertz CT molecular complexity index is 191. The Kier molecular flexibility index (Phi) is 3.35. The first kappa shape index (κ1) is 12.3. The van der Waals surface area contributed by atoms with Crippen LogP contribution in [0.3, 0.4) is 0 Å². The van der Waals surface area contributed by atoms with Crippen molar-refractivity contribution in [2.45, 2.75) is 40.0 Å². The highest BCUT2D eigenvalue weighted by atomic mass is 19.4. The molecule has 0 spiro atoms. The van der Waals surface area contributed by atoms with Crippen LogP contribution in [0.1, 0.15) is 27.7 Å². The molecule has 0 radical (unpaired) electrons. The maximum Gasteiger partial charge on any atom is 0.425 e. The molecule has 2 nitrogen and oxygen atoms in total. The number of esters is 1. The van der Waals surface area contributed by atoms with E-state index in [2.05, 4.69) is 4.74 Å². The molecule has 0 saturated heterocycles. The van der Waals surface area contributed by atoms with Crippen LogP contribution in [-0.4, -0.2) is 18.2 Å². The summed E-state index contributed by atoms with van der Waals surface area (Å²) in [5, 5.41) is 0. The SMILES string of the molecule is CC(OC(=O)C(C)(C)C)C(F)(F)F. The van der Waals surface area contributed by atoms with Crippen molar-refractivity contribution in [3.8, 4) is 0 Å². The van der Waals surface area contributed by atoms with E-state index in [1.165, 1.54) is 20.8 Å². The zero-order valence-electron chi connectivity index (χ0n) is 8.03. The van der Waals surface area contributed by atoms with Gasteiger partial charge in [0.25, 0.3) is 0 Å². The van der Waals surface area contributed by atoms with Crippen LogP contribution in [0.2, 0.25) is 0 Å². The van der Waals surface area contributed by atoms with Crippen molar-refractivity contribution < 1.29 is 22.7 Å². The van der Waals surface area contributed by atoms with Crippen LogP contribution >= 0.6 is 0 Å². The molecule has 0 fully saturated rings. The fourth-order valence-electron chi connectivity index (χ4n) is 0.404. The Morgan fingerprint density at radius 1 is 1.23 bits per heavy atom. The second-order valence-electron chi connectivity index (χ2n) is 3.84. The number of carbonyl (C=O) groups is 1. The lowest BCUT2D eigenvalue weighted by atomic mass is 9.97. The average Bonchev–Trinajstić information content (AvgIpc) is 1.82. The number of hydrogen-bond acceptors (Lipinski definition) is 2. The molecule has 13 heavy (non-hydrogen) atoms. The van der Waals surface area contributed by atoms with E-state index in [4.69, 9.17) is 0 Å². The van der Waals surface area contributed by atoms with Gasteiger partial charge in [0.2, 0.25) is 0 Å². The second kappa shape index (κ2) is 3.55. The maximum absolute atomic E-state index is 11.9. The molecule has 1 atom stereocenters. The lowest BCUT2D eigenvalue weighted by Crippen LogP contribution is -2.35. The smallest absolute Gasteiger partial charge is 0.425 e. The van der Waals surface area contributed by atoms with Gasteiger partial charge in [-0.1, -0.05) is 0 Å². The molecule has 0 aromatic carbocycles. The summed E-state index contributed by atoms with van der Waals surface area (Å²) in [6, 6.07) is 0. The molecule has 0 aromatic heterocycles. The minimum absolute atomic E-state index is 0.809. The van der Waals surface area contributed by atoms with Gasteiger partial charge in [-0.2, -0.15) is 13.2 Å². The molecular weight excluding hydrogens is 185 g/mol. The Labute approximate surface area is 75.1 Å². The zero-order valence-corrected chi connectivity index (χ0v) is 8.03. The van der Waals surface area contributed by atoms with Crippen LogP contribution in [0.15, 0.2) is 0 Å². The standard InChI is InChI=1S/C8H13F3O2/c1-5(8(9,10)11)13-6(12)7(2,3)4/h5H,1-4H3. The summed E-state index contributed by atoms with van der Waals surface area (Å²) in [6.45, 7) is 5.30. The molecule has 0 amide bonds. The van der Waals surface area contributed by atoms with Crippen LogP contribution in [-0.2, 0) is 9.53 Å². The van der Waals surface area contributed by atoms with E-state index in [9.17, 15) is 18.0 Å². The molecule has 0 heterocycles. The number of hydrogen-bond donors (Lipinski definition) is 0. The van der Waals surface area contributed by atoms with Crippen molar-refractivity contribution >= 4 is 5.97 Å². The van der Waals surface area contributed by atoms with Crippen molar-refractivity contribution in [2.75, 3.05) is 0 Å². The first-order valence-electron chi connectivity index (χ1n) is 3.83. The van der Waals surface area contributed by atoms with E-state index in [1.807, 2.05) is 0 Å². The third-order valence-corrected chi connectivity index (χ3v) is 1.36. The minimum Gasteiger partial charge on any atom is -0.453 e. The van der Waals surface area contributed by atoms with Crippen molar-refractivity contribution in [1.29, 1.82) is 0 Å². The molecule has 0 aliphatic rings. The van der Waals surface area contributed by atoms with Crippen LogP contribution in [0.5, 0.6) is 0 Å². The van der Waals surface area contributed by atoms with Gasteiger partial charge in [0, 0.05) is 0 Å². The molecule has 0 aliphatic heterocycles. The number of alkyl halides is 3. The lowest BCUT2D eigenvalue weighted by Gasteiger charge is -2.22. The molecule has 0 aliphatic carbocycles. The molecular formula is C8H13F3O2. The van der Waals surface area contributed by atoms with E-state index in [1.54, 1.807) is 0 Å². The van der Waals surface area contributed by atoms with Gasteiger partial charge in [0.05, 0.1) is 5.41 Å². The summed E-state index contributed by atoms with van der Waals surface area (Å²) in [6.07, 6.45) is -6.53. The highest BCUT2D eigenvalue weighted by Gasteiger charge is 2.40. The van der Waals surface area contributed by atoms with Crippen LogP contribution < -0.4 is 0 Å². The van der Waals surface area contributed by atoms with Crippen LogP contribution in [0.25, 0.3) is 0 Å². The number of ether oxygens (including phenoxy) is 1. The normalized spacial score (nSPS) is 15.3. The van der Waals surface area contributed by atoms with E-state index in [0.29, 0.717) is 0 Å². The van der Waals surface area contributed by atoms with E-state index < -0.39 is 23.7 Å². The van der Waals surface area contributed by atoms with Gasteiger partial charge in [0.15, 0.2) is 6.10 Å². The Morgan fingerprint density at radius 2 is 1.62 bits per heavy atom. The zero-order chi connectivity index (χ0) is 10.9. The fraction of sp³-hybridized carbons (Fsp3) is 0.875. The summed E-state index contributed by atoms with van der Waals surface area (Å²) in [5.74, 6) is -0.850. The van der Waals surface area contributed by atoms with Gasteiger partial charge in [-0.05, 0) is 27.7 Å². The summed E-state index contributed by atoms with van der Waals surface area (Å²) < 4.78 is 40.0. The van der Waals surface area contributed by atoms with Gasteiger partial charge in [0.1, 0.15) is 0 Å². The molecule has 78 valence electrons.